The Kier molecular flexibility index (Phi) is 4.18. The van der Waals surface area contributed by atoms with Crippen LogP contribution in [-0.4, -0.2) is 31.7 Å². The Morgan fingerprint density at radius 3 is 2.78 bits per heavy atom. The molecular formula is C24H21FN4O2S. The van der Waals surface area contributed by atoms with Crippen LogP contribution in [0.5, 0.6) is 5.75 Å². The van der Waals surface area contributed by atoms with Gasteiger partial charge in [-0.3, -0.25) is 0 Å². The minimum Gasteiger partial charge on any atom is -0.497 e. The molecule has 0 atom stereocenters. The van der Waals surface area contributed by atoms with E-state index in [0.29, 0.717) is 39.3 Å². The maximum atomic E-state index is 15.0. The number of benzene rings is 1. The van der Waals surface area contributed by atoms with Crippen LogP contribution in [0.4, 0.5) is 4.39 Å². The number of methoxy groups -OCH3 is 1. The van der Waals surface area contributed by atoms with Crippen molar-refractivity contribution in [1.82, 2.24) is 19.5 Å². The van der Waals surface area contributed by atoms with Gasteiger partial charge < -0.3 is 19.4 Å². The van der Waals surface area contributed by atoms with E-state index >= 15 is 0 Å². The zero-order valence-corrected chi connectivity index (χ0v) is 18.5. The van der Waals surface area contributed by atoms with Crippen LogP contribution >= 0.6 is 11.3 Å². The molecular weight excluding hydrogens is 427 g/mol. The van der Waals surface area contributed by atoms with Crippen molar-refractivity contribution in [2.24, 2.45) is 7.05 Å². The van der Waals surface area contributed by atoms with E-state index in [0.717, 1.165) is 34.3 Å². The van der Waals surface area contributed by atoms with Crippen molar-refractivity contribution in [1.29, 1.82) is 0 Å². The van der Waals surface area contributed by atoms with Crippen LogP contribution in [0.3, 0.4) is 0 Å². The Bertz CT molecular complexity index is 1500. The fourth-order valence-electron chi connectivity index (χ4n) is 4.49. The molecule has 1 saturated carbocycles. The van der Waals surface area contributed by atoms with Crippen LogP contribution in [0, 0.1) is 5.82 Å². The van der Waals surface area contributed by atoms with Crippen molar-refractivity contribution in [3.05, 3.63) is 53.7 Å². The number of aromatic amines is 1. The van der Waals surface area contributed by atoms with Gasteiger partial charge in [-0.1, -0.05) is 0 Å². The van der Waals surface area contributed by atoms with Crippen LogP contribution in [0.2, 0.25) is 0 Å². The number of hydrogen-bond donors (Lipinski definition) is 2. The van der Waals surface area contributed by atoms with Crippen LogP contribution < -0.4 is 4.74 Å². The van der Waals surface area contributed by atoms with E-state index in [1.54, 1.807) is 13.3 Å². The summed E-state index contributed by atoms with van der Waals surface area (Å²) in [6.07, 6.45) is 7.32. The summed E-state index contributed by atoms with van der Waals surface area (Å²) in [7, 11) is 3.64. The highest BCUT2D eigenvalue weighted by atomic mass is 32.1. The molecule has 0 spiro atoms. The maximum absolute atomic E-state index is 15.0. The number of halogens is 1. The van der Waals surface area contributed by atoms with Gasteiger partial charge in [0.2, 0.25) is 0 Å². The predicted molar refractivity (Wildman–Crippen MR) is 123 cm³/mol. The van der Waals surface area contributed by atoms with E-state index in [2.05, 4.69) is 19.5 Å². The molecule has 1 fully saturated rings. The molecule has 162 valence electrons. The highest BCUT2D eigenvalue weighted by Gasteiger charge is 2.39. The molecule has 4 heterocycles. The first-order valence-electron chi connectivity index (χ1n) is 10.5. The highest BCUT2D eigenvalue weighted by Crippen LogP contribution is 2.45. The number of aromatic nitrogens is 4. The number of nitrogens with one attached hydrogen (secondary N) is 1. The molecule has 8 heteroatoms. The van der Waals surface area contributed by atoms with Crippen LogP contribution in [0.15, 0.2) is 42.9 Å². The molecule has 0 unspecified atom stereocenters. The molecule has 0 saturated heterocycles. The molecule has 2 N–H and O–H groups in total. The molecule has 0 amide bonds. The maximum Gasteiger partial charge on any atom is 0.150 e. The Hall–Kier alpha value is -3.23. The summed E-state index contributed by atoms with van der Waals surface area (Å²) < 4.78 is 22.5. The van der Waals surface area contributed by atoms with Crippen molar-refractivity contribution in [2.75, 3.05) is 7.11 Å². The molecule has 1 aliphatic rings. The number of fused-ring (bicyclic) bond motifs is 2. The lowest BCUT2D eigenvalue weighted by Gasteiger charge is -2.34. The van der Waals surface area contributed by atoms with Gasteiger partial charge in [-0.15, -0.1) is 11.3 Å². The third-order valence-electron chi connectivity index (χ3n) is 6.43. The predicted octanol–water partition coefficient (Wildman–Crippen LogP) is 5.36. The summed E-state index contributed by atoms with van der Waals surface area (Å²) >= 11 is 1.35. The summed E-state index contributed by atoms with van der Waals surface area (Å²) in [6, 6.07) is 7.89. The van der Waals surface area contributed by atoms with Gasteiger partial charge in [0.15, 0.2) is 5.82 Å². The quantitative estimate of drug-likeness (QED) is 0.388. The third-order valence-corrected chi connectivity index (χ3v) is 7.64. The first-order valence-corrected chi connectivity index (χ1v) is 11.3. The average Bonchev–Trinajstić information content (AvgIpc) is 3.49. The number of hydrogen-bond acceptors (Lipinski definition) is 5. The van der Waals surface area contributed by atoms with E-state index in [-0.39, 0.29) is 0 Å². The lowest BCUT2D eigenvalue weighted by molar-refractivity contribution is -0.0389. The van der Waals surface area contributed by atoms with Gasteiger partial charge in [-0.05, 0) is 43.5 Å². The summed E-state index contributed by atoms with van der Waals surface area (Å²) in [6.45, 7) is 0. The van der Waals surface area contributed by atoms with Crippen LogP contribution in [0.25, 0.3) is 43.6 Å². The second kappa shape index (κ2) is 6.88. The van der Waals surface area contributed by atoms with Gasteiger partial charge in [0.05, 0.1) is 18.2 Å². The molecule has 1 aromatic carbocycles. The van der Waals surface area contributed by atoms with Gasteiger partial charge in [-0.2, -0.15) is 0 Å². The Balaban J connectivity index is 1.52. The summed E-state index contributed by atoms with van der Waals surface area (Å²) in [5, 5.41) is 13.0. The van der Waals surface area contributed by atoms with E-state index in [1.165, 1.54) is 17.5 Å². The van der Waals surface area contributed by atoms with E-state index in [1.807, 2.05) is 37.5 Å². The largest absolute Gasteiger partial charge is 0.497 e. The number of aryl methyl sites for hydroxylation is 1. The number of pyridine rings is 1. The van der Waals surface area contributed by atoms with E-state index in [9.17, 15) is 9.50 Å². The molecule has 1 aliphatic carbocycles. The minimum atomic E-state index is -0.864. The van der Waals surface area contributed by atoms with Crippen molar-refractivity contribution < 1.29 is 14.2 Å². The lowest BCUT2D eigenvalue weighted by Crippen LogP contribution is -2.33. The van der Waals surface area contributed by atoms with E-state index in [4.69, 9.17) is 4.74 Å². The molecule has 4 aromatic heterocycles. The van der Waals surface area contributed by atoms with Gasteiger partial charge >= 0.3 is 0 Å². The molecule has 32 heavy (non-hydrogen) atoms. The number of rotatable bonds is 4. The van der Waals surface area contributed by atoms with Crippen molar-refractivity contribution >= 4 is 33.3 Å². The number of ether oxygens (including phenoxy) is 1. The first kappa shape index (κ1) is 19.5. The molecule has 5 aromatic rings. The number of aliphatic hydroxyl groups is 1. The second-order valence-electron chi connectivity index (χ2n) is 8.38. The zero-order valence-electron chi connectivity index (χ0n) is 17.6. The fourth-order valence-corrected chi connectivity index (χ4v) is 5.61. The van der Waals surface area contributed by atoms with Crippen molar-refractivity contribution in [3.63, 3.8) is 0 Å². The van der Waals surface area contributed by atoms with Crippen molar-refractivity contribution in [2.45, 2.75) is 24.9 Å². The summed E-state index contributed by atoms with van der Waals surface area (Å²) in [5.74, 6) is 0.371. The fraction of sp³-hybridized carbons (Fsp3) is 0.250. The third kappa shape index (κ3) is 2.79. The lowest BCUT2D eigenvalue weighted by atomic mass is 9.81. The average molecular weight is 449 g/mol. The second-order valence-corrected chi connectivity index (χ2v) is 9.41. The molecule has 0 bridgehead atoms. The van der Waals surface area contributed by atoms with Gasteiger partial charge in [0, 0.05) is 52.6 Å². The molecule has 6 nitrogen and oxygen atoms in total. The molecule has 0 radical (unpaired) electrons. The Morgan fingerprint density at radius 1 is 1.19 bits per heavy atom. The standard InChI is InChI=1S/C24H21FN4O2S/c1-29-12-16(14-8-13(31-2)4-5-19(14)29)18-9-15-21(17(25)10-26-22(15)28-18)20-11-27-23(32-20)24(30)6-3-7-24/h4-5,8-12,30H,3,6-7H2,1-2H3,(H,26,28). The number of thiazole rings is 1. The molecule has 6 rings (SSSR count). The van der Waals surface area contributed by atoms with Crippen LogP contribution in [0.1, 0.15) is 24.3 Å². The first-order chi connectivity index (χ1) is 15.5. The van der Waals surface area contributed by atoms with Gasteiger partial charge in [-0.25, -0.2) is 14.4 Å². The zero-order chi connectivity index (χ0) is 22.0. The summed E-state index contributed by atoms with van der Waals surface area (Å²) in [5.41, 5.74) is 3.10. The minimum absolute atomic E-state index is 0.404. The number of H-pyrrole nitrogens is 1. The Morgan fingerprint density at radius 2 is 2.03 bits per heavy atom. The van der Waals surface area contributed by atoms with Crippen molar-refractivity contribution in [3.8, 4) is 27.4 Å². The SMILES string of the molecule is COc1ccc2c(c1)c(-c1cc3c(-c4cnc(C5(O)CCC5)s4)c(F)cnc3[nH]1)cn2C. The normalized spacial score (nSPS) is 15.4. The van der Waals surface area contributed by atoms with E-state index < -0.39 is 11.4 Å². The van der Waals surface area contributed by atoms with Gasteiger partial charge in [0.1, 0.15) is 22.0 Å². The Labute approximate surface area is 187 Å². The monoisotopic (exact) mass is 448 g/mol. The van der Waals surface area contributed by atoms with Gasteiger partial charge in [0.25, 0.3) is 0 Å². The van der Waals surface area contributed by atoms with Crippen LogP contribution in [-0.2, 0) is 12.6 Å². The highest BCUT2D eigenvalue weighted by molar-refractivity contribution is 7.15. The molecule has 0 aliphatic heterocycles. The summed E-state index contributed by atoms with van der Waals surface area (Å²) in [4.78, 5) is 12.8. The topological polar surface area (TPSA) is 76.0 Å². The smallest absolute Gasteiger partial charge is 0.150 e. The number of nitrogens with zero attached hydrogens (tertiary/aromatic N) is 3.